The Hall–Kier alpha value is -6.27. The number of aromatic hydroxyl groups is 2. The second-order valence-electron chi connectivity index (χ2n) is 21.1. The van der Waals surface area contributed by atoms with Crippen LogP contribution in [0.25, 0.3) is 16.9 Å². The average Bonchev–Trinajstić information content (AvgIpc) is 1.77. The van der Waals surface area contributed by atoms with Gasteiger partial charge in [-0.1, -0.05) is 48.6 Å². The van der Waals surface area contributed by atoms with E-state index in [0.717, 1.165) is 34.5 Å². The van der Waals surface area contributed by atoms with Crippen LogP contribution >= 0.6 is 0 Å². The highest BCUT2D eigenvalue weighted by molar-refractivity contribution is 7.86. The van der Waals surface area contributed by atoms with Gasteiger partial charge >= 0.3 is 5.97 Å². The molecule has 0 spiro atoms. The standard InChI is InChI=1S/C59H75N3O20S3/c1-58(2)42-45(21-25-76-28-29-78-32-33-80-35-34-79-31-30-77-27-26-75-4)47-40-48-44(38-52(43-12-6-5-7-13-43)81-53(48)41-51(47)61(58)24-11-37-84(69,70)71)14-8-15-54-59(3,22-9-16-57(65)82-62-55(63)19-20-56(62)64)49-39-46(85(72,73)74)17-18-50(49)60(54)23-10-36-83(66,67)68/h5-8,12-15,17-20,38-42H,9-11,16,21-37H2,1-4H3,(H4-,63,64,66,67,68,69,70,71,72,73,74)/p+1. The Morgan fingerprint density at radius 2 is 1.31 bits per heavy atom. The highest BCUT2D eigenvalue weighted by atomic mass is 32.2. The SMILES string of the molecule is COCCOCCOCCOCCOCCOCCC1=CC(C)(C)N(CCCS(=O)(=O)O)c2cc3c(cc21)C(=CC=CC1=[N+](CCCS(=O)(=O)O)c2ccc(S(=O)(=O)O)cc2C1(C)CCCC(=O)On1c(O)ccc1O)C=C(c1ccccc1)O3. The molecule has 0 aliphatic carbocycles. The lowest BCUT2D eigenvalue weighted by atomic mass is 9.75. The molecule has 23 nitrogen and oxygen atoms in total. The summed E-state index contributed by atoms with van der Waals surface area (Å²) in [5, 5.41) is 20.2. The van der Waals surface area contributed by atoms with Crippen molar-refractivity contribution in [3.63, 3.8) is 0 Å². The van der Waals surface area contributed by atoms with E-state index in [4.69, 9.17) is 38.0 Å². The summed E-state index contributed by atoms with van der Waals surface area (Å²) in [5.41, 5.74) is 4.35. The van der Waals surface area contributed by atoms with E-state index in [1.807, 2.05) is 75.4 Å². The number of carbonyl (C=O) groups is 1. The summed E-state index contributed by atoms with van der Waals surface area (Å²) in [5.74, 6) is -1.89. The minimum atomic E-state index is -4.73. The number of rotatable bonds is 35. The van der Waals surface area contributed by atoms with Crippen LogP contribution in [0.15, 0.2) is 108 Å². The third-order valence-corrected chi connectivity index (χ3v) is 16.9. The molecular weight excluding hydrogens is 1170 g/mol. The first kappa shape index (κ1) is 66.3. The Labute approximate surface area is 496 Å². The number of fused-ring (bicyclic) bond motifs is 3. The third-order valence-electron chi connectivity index (χ3n) is 14.4. The molecule has 3 aliphatic heterocycles. The summed E-state index contributed by atoms with van der Waals surface area (Å²) in [4.78, 5) is 20.0. The van der Waals surface area contributed by atoms with Crippen LogP contribution in [0, 0.1) is 0 Å². The van der Waals surface area contributed by atoms with Crippen molar-refractivity contribution in [3.05, 3.63) is 125 Å². The van der Waals surface area contributed by atoms with Crippen molar-refractivity contribution in [3.8, 4) is 17.5 Å². The first-order valence-electron chi connectivity index (χ1n) is 27.8. The predicted molar refractivity (Wildman–Crippen MR) is 317 cm³/mol. The van der Waals surface area contributed by atoms with Gasteiger partial charge in [-0.15, -0.1) is 4.73 Å². The van der Waals surface area contributed by atoms with Crippen molar-refractivity contribution in [1.82, 2.24) is 4.73 Å². The van der Waals surface area contributed by atoms with E-state index < -0.39 is 75.4 Å². The summed E-state index contributed by atoms with van der Waals surface area (Å²) in [7, 11) is -11.8. The van der Waals surface area contributed by atoms with E-state index in [1.54, 1.807) is 23.8 Å². The van der Waals surface area contributed by atoms with Crippen LogP contribution in [0.2, 0.25) is 0 Å². The molecule has 0 amide bonds. The molecule has 1 unspecified atom stereocenters. The molecule has 0 fully saturated rings. The van der Waals surface area contributed by atoms with Gasteiger partial charge in [0, 0.05) is 84.8 Å². The van der Waals surface area contributed by atoms with Gasteiger partial charge in [0.05, 0.1) is 100 Å². The molecule has 26 heteroatoms. The fraction of sp³-hybridized carbons (Fsp3) is 0.458. The van der Waals surface area contributed by atoms with Crippen molar-refractivity contribution in [2.75, 3.05) is 109 Å². The minimum absolute atomic E-state index is 0.0289. The minimum Gasteiger partial charge on any atom is -0.492 e. The normalized spacial score (nSPS) is 17.2. The summed E-state index contributed by atoms with van der Waals surface area (Å²) < 4.78 is 145. The number of benzene rings is 3. The Kier molecular flexibility index (Phi) is 23.3. The van der Waals surface area contributed by atoms with Crippen LogP contribution in [-0.4, -0.2) is 180 Å². The van der Waals surface area contributed by atoms with Crippen LogP contribution in [0.4, 0.5) is 11.4 Å². The lowest BCUT2D eigenvalue weighted by molar-refractivity contribution is -0.437. The number of nitrogens with zero attached hydrogens (tertiary/aromatic N) is 3. The zero-order valence-electron chi connectivity index (χ0n) is 48.1. The first-order valence-corrected chi connectivity index (χ1v) is 32.4. The molecule has 7 rings (SSSR count). The molecule has 0 saturated carbocycles. The molecule has 0 saturated heterocycles. The maximum Gasteiger partial charge on any atom is 0.333 e. The van der Waals surface area contributed by atoms with E-state index in [9.17, 15) is 53.9 Å². The quantitative estimate of drug-likeness (QED) is 0.0175. The first-order chi connectivity index (χ1) is 40.4. The van der Waals surface area contributed by atoms with Gasteiger partial charge in [0.2, 0.25) is 17.4 Å². The van der Waals surface area contributed by atoms with Crippen LogP contribution in [0.3, 0.4) is 0 Å². The van der Waals surface area contributed by atoms with Gasteiger partial charge in [-0.3, -0.25) is 13.7 Å². The Morgan fingerprint density at radius 1 is 0.706 bits per heavy atom. The van der Waals surface area contributed by atoms with Gasteiger partial charge < -0.3 is 53.1 Å². The lowest BCUT2D eigenvalue weighted by Gasteiger charge is -2.44. The molecule has 1 atom stereocenters. The molecule has 5 N–H and O–H groups in total. The monoisotopic (exact) mass is 1240 g/mol. The smallest absolute Gasteiger partial charge is 0.333 e. The zero-order valence-corrected chi connectivity index (χ0v) is 50.5. The number of anilines is 1. The van der Waals surface area contributed by atoms with Crippen molar-refractivity contribution in [1.29, 1.82) is 0 Å². The maximum absolute atomic E-state index is 13.1. The van der Waals surface area contributed by atoms with E-state index in [2.05, 4.69) is 11.0 Å². The van der Waals surface area contributed by atoms with Crippen molar-refractivity contribution < 1.29 is 96.5 Å². The number of aromatic nitrogens is 1. The molecular formula is C59H76N3O20S3+. The van der Waals surface area contributed by atoms with Crippen LogP contribution in [-0.2, 0) is 69.0 Å². The highest BCUT2D eigenvalue weighted by Gasteiger charge is 2.48. The lowest BCUT2D eigenvalue weighted by Crippen LogP contribution is -2.46. The highest BCUT2D eigenvalue weighted by Crippen LogP contribution is 2.49. The largest absolute Gasteiger partial charge is 0.492 e. The van der Waals surface area contributed by atoms with E-state index in [-0.39, 0.29) is 45.2 Å². The second kappa shape index (κ2) is 29.9. The van der Waals surface area contributed by atoms with Crippen LogP contribution < -0.4 is 14.5 Å². The molecule has 4 aromatic rings. The third kappa shape index (κ3) is 18.6. The van der Waals surface area contributed by atoms with Gasteiger partial charge in [-0.25, -0.2) is 4.79 Å². The van der Waals surface area contributed by atoms with Gasteiger partial charge in [-0.05, 0) is 81.9 Å². The molecule has 1 aromatic heterocycles. The fourth-order valence-corrected chi connectivity index (χ4v) is 11.9. The fourth-order valence-electron chi connectivity index (χ4n) is 10.4. The molecule has 3 aliphatic rings. The summed E-state index contributed by atoms with van der Waals surface area (Å²) in [6.45, 7) is 10.7. The Morgan fingerprint density at radius 3 is 1.91 bits per heavy atom. The van der Waals surface area contributed by atoms with Crippen LogP contribution in [0.5, 0.6) is 17.5 Å². The summed E-state index contributed by atoms with van der Waals surface area (Å²) >= 11 is 0. The number of allylic oxidation sites excluding steroid dienone is 5. The van der Waals surface area contributed by atoms with Gasteiger partial charge in [0.1, 0.15) is 18.1 Å². The number of methoxy groups -OCH3 is 1. The van der Waals surface area contributed by atoms with Gasteiger partial charge in [-0.2, -0.15) is 29.8 Å². The molecule has 464 valence electrons. The topological polar surface area (TPSA) is 306 Å². The molecule has 85 heavy (non-hydrogen) atoms. The van der Waals surface area contributed by atoms with E-state index in [0.29, 0.717) is 123 Å². The number of hydrogen-bond donors (Lipinski definition) is 5. The molecule has 4 heterocycles. The maximum atomic E-state index is 13.1. The number of carbonyl (C=O) groups excluding carboxylic acids is 1. The van der Waals surface area contributed by atoms with Crippen molar-refractivity contribution in [2.45, 2.75) is 75.1 Å². The van der Waals surface area contributed by atoms with Crippen molar-refractivity contribution >= 4 is 70.3 Å². The van der Waals surface area contributed by atoms with Crippen molar-refractivity contribution in [2.24, 2.45) is 0 Å². The molecule has 3 aromatic carbocycles. The predicted octanol–water partition coefficient (Wildman–Crippen LogP) is 7.06. The Balaban J connectivity index is 1.20. The zero-order chi connectivity index (χ0) is 61.4. The Bertz CT molecular complexity index is 3460. The summed E-state index contributed by atoms with van der Waals surface area (Å²) in [6, 6.07) is 19.7. The van der Waals surface area contributed by atoms with Gasteiger partial charge in [0.25, 0.3) is 30.4 Å². The second-order valence-corrected chi connectivity index (χ2v) is 25.6. The number of hydrogen-bond acceptors (Lipinski definition) is 18. The van der Waals surface area contributed by atoms with Gasteiger partial charge in [0.15, 0.2) is 5.71 Å². The van der Waals surface area contributed by atoms with Crippen LogP contribution in [0.1, 0.15) is 81.5 Å². The van der Waals surface area contributed by atoms with E-state index >= 15 is 0 Å². The summed E-state index contributed by atoms with van der Waals surface area (Å²) in [6.07, 6.45) is 10.1. The van der Waals surface area contributed by atoms with E-state index in [1.165, 1.54) is 18.2 Å². The molecule has 0 radical (unpaired) electrons. The number of ether oxygens (including phenoxy) is 7. The molecule has 0 bridgehead atoms. The average molecular weight is 1240 g/mol.